The number of carbonyl (C=O) groups is 1. The van der Waals surface area contributed by atoms with Crippen molar-refractivity contribution in [3.05, 3.63) is 12.2 Å². The van der Waals surface area contributed by atoms with Crippen molar-refractivity contribution in [3.63, 3.8) is 0 Å². The van der Waals surface area contributed by atoms with Gasteiger partial charge in [-0.1, -0.05) is 12.2 Å². The maximum atomic E-state index is 11.7. The van der Waals surface area contributed by atoms with Gasteiger partial charge in [0.15, 0.2) is 0 Å². The Labute approximate surface area is 92.5 Å². The van der Waals surface area contributed by atoms with Gasteiger partial charge < -0.3 is 10.2 Å². The second kappa shape index (κ2) is 6.62. The first kappa shape index (κ1) is 12.2. The molecular weight excluding hydrogens is 188 g/mol. The van der Waals surface area contributed by atoms with E-state index in [0.717, 1.165) is 19.5 Å². The number of carbonyl (C=O) groups excluding carboxylic acids is 1. The van der Waals surface area contributed by atoms with Crippen molar-refractivity contribution in [2.24, 2.45) is 0 Å². The molecule has 0 bridgehead atoms. The lowest BCUT2D eigenvalue weighted by atomic mass is 10.0. The van der Waals surface area contributed by atoms with Crippen LogP contribution in [0.2, 0.25) is 0 Å². The SMILES string of the molecule is CCN(CC)C(=O)CNC1C=CCCC1. The average molecular weight is 210 g/mol. The van der Waals surface area contributed by atoms with Gasteiger partial charge in [-0.25, -0.2) is 0 Å². The zero-order valence-electron chi connectivity index (χ0n) is 9.83. The molecule has 15 heavy (non-hydrogen) atoms. The van der Waals surface area contributed by atoms with E-state index in [0.29, 0.717) is 12.6 Å². The fourth-order valence-corrected chi connectivity index (χ4v) is 1.89. The Kier molecular flexibility index (Phi) is 5.40. The number of nitrogens with one attached hydrogen (secondary N) is 1. The molecule has 1 unspecified atom stereocenters. The summed E-state index contributed by atoms with van der Waals surface area (Å²) in [6, 6.07) is 0.401. The highest BCUT2D eigenvalue weighted by Crippen LogP contribution is 2.09. The summed E-state index contributed by atoms with van der Waals surface area (Å²) in [5.41, 5.74) is 0. The van der Waals surface area contributed by atoms with E-state index in [9.17, 15) is 4.79 Å². The molecule has 0 aromatic rings. The van der Waals surface area contributed by atoms with Crippen molar-refractivity contribution < 1.29 is 4.79 Å². The quantitative estimate of drug-likeness (QED) is 0.698. The summed E-state index contributed by atoms with van der Waals surface area (Å²) >= 11 is 0. The van der Waals surface area contributed by atoms with Crippen LogP contribution in [0.25, 0.3) is 0 Å². The molecule has 1 N–H and O–H groups in total. The molecule has 0 aromatic carbocycles. The Morgan fingerprint density at radius 2 is 2.20 bits per heavy atom. The molecule has 0 spiro atoms. The van der Waals surface area contributed by atoms with Gasteiger partial charge in [0.2, 0.25) is 5.91 Å². The topological polar surface area (TPSA) is 32.3 Å². The summed E-state index contributed by atoms with van der Waals surface area (Å²) in [5.74, 6) is 0.207. The normalized spacial score (nSPS) is 20.3. The standard InChI is InChI=1S/C12H22N2O/c1-3-14(4-2)12(15)10-13-11-8-6-5-7-9-11/h6,8,11,13H,3-5,7,9-10H2,1-2H3. The van der Waals surface area contributed by atoms with Gasteiger partial charge in [0, 0.05) is 19.1 Å². The Hall–Kier alpha value is -0.830. The van der Waals surface area contributed by atoms with Crippen LogP contribution in [-0.2, 0) is 4.79 Å². The van der Waals surface area contributed by atoms with Gasteiger partial charge >= 0.3 is 0 Å². The third kappa shape index (κ3) is 4.04. The van der Waals surface area contributed by atoms with E-state index in [1.54, 1.807) is 0 Å². The molecule has 0 radical (unpaired) electrons. The second-order valence-electron chi connectivity index (χ2n) is 3.91. The highest BCUT2D eigenvalue weighted by molar-refractivity contribution is 5.78. The lowest BCUT2D eigenvalue weighted by molar-refractivity contribution is -0.129. The number of likely N-dealkylation sites (N-methyl/N-ethyl adjacent to an activating group) is 1. The van der Waals surface area contributed by atoms with Crippen LogP contribution in [0.4, 0.5) is 0 Å². The fourth-order valence-electron chi connectivity index (χ4n) is 1.89. The van der Waals surface area contributed by atoms with Gasteiger partial charge in [0.1, 0.15) is 0 Å². The van der Waals surface area contributed by atoms with Crippen molar-refractivity contribution in [3.8, 4) is 0 Å². The molecule has 0 heterocycles. The van der Waals surface area contributed by atoms with E-state index in [1.807, 2.05) is 18.7 Å². The van der Waals surface area contributed by atoms with Gasteiger partial charge in [-0.05, 0) is 33.1 Å². The molecule has 1 aliphatic rings. The van der Waals surface area contributed by atoms with Crippen molar-refractivity contribution in [2.45, 2.75) is 39.2 Å². The third-order valence-electron chi connectivity index (χ3n) is 2.89. The minimum atomic E-state index is 0.207. The smallest absolute Gasteiger partial charge is 0.236 e. The molecule has 1 aliphatic carbocycles. The predicted octanol–water partition coefficient (Wildman–Crippen LogP) is 1.55. The molecule has 0 aliphatic heterocycles. The van der Waals surface area contributed by atoms with E-state index in [-0.39, 0.29) is 5.91 Å². The molecule has 1 rings (SSSR count). The van der Waals surface area contributed by atoms with Crippen LogP contribution in [0.5, 0.6) is 0 Å². The molecule has 3 nitrogen and oxygen atoms in total. The van der Waals surface area contributed by atoms with E-state index < -0.39 is 0 Å². The Bertz CT molecular complexity index is 222. The van der Waals surface area contributed by atoms with Crippen LogP contribution in [0.3, 0.4) is 0 Å². The van der Waals surface area contributed by atoms with E-state index in [2.05, 4.69) is 17.5 Å². The van der Waals surface area contributed by atoms with Gasteiger partial charge in [-0.15, -0.1) is 0 Å². The van der Waals surface area contributed by atoms with E-state index in [1.165, 1.54) is 12.8 Å². The molecule has 86 valence electrons. The Morgan fingerprint density at radius 3 is 2.73 bits per heavy atom. The van der Waals surface area contributed by atoms with Crippen molar-refractivity contribution in [1.82, 2.24) is 10.2 Å². The summed E-state index contributed by atoms with van der Waals surface area (Å²) in [6.45, 7) is 6.11. The molecule has 0 saturated heterocycles. The summed E-state index contributed by atoms with van der Waals surface area (Å²) < 4.78 is 0. The first-order chi connectivity index (χ1) is 7.27. The molecule has 0 aromatic heterocycles. The maximum Gasteiger partial charge on any atom is 0.236 e. The summed E-state index contributed by atoms with van der Waals surface area (Å²) in [4.78, 5) is 13.5. The Morgan fingerprint density at radius 1 is 1.47 bits per heavy atom. The summed E-state index contributed by atoms with van der Waals surface area (Å²) in [5, 5.41) is 3.29. The Balaban J connectivity index is 2.26. The number of allylic oxidation sites excluding steroid dienone is 1. The van der Waals surface area contributed by atoms with Gasteiger partial charge in [-0.3, -0.25) is 4.79 Å². The van der Waals surface area contributed by atoms with Crippen LogP contribution in [0, 0.1) is 0 Å². The lowest BCUT2D eigenvalue weighted by Crippen LogP contribution is -2.41. The van der Waals surface area contributed by atoms with Gasteiger partial charge in [0.25, 0.3) is 0 Å². The van der Waals surface area contributed by atoms with Crippen LogP contribution in [0.15, 0.2) is 12.2 Å². The van der Waals surface area contributed by atoms with Crippen molar-refractivity contribution in [2.75, 3.05) is 19.6 Å². The first-order valence-corrected chi connectivity index (χ1v) is 5.95. The maximum absolute atomic E-state index is 11.7. The summed E-state index contributed by atoms with van der Waals surface area (Å²) in [6.07, 6.45) is 7.94. The number of amides is 1. The zero-order valence-corrected chi connectivity index (χ0v) is 9.83. The van der Waals surface area contributed by atoms with Crippen LogP contribution < -0.4 is 5.32 Å². The summed E-state index contributed by atoms with van der Waals surface area (Å²) in [7, 11) is 0. The van der Waals surface area contributed by atoms with Gasteiger partial charge in [0.05, 0.1) is 6.54 Å². The monoisotopic (exact) mass is 210 g/mol. The largest absolute Gasteiger partial charge is 0.342 e. The van der Waals surface area contributed by atoms with Crippen LogP contribution >= 0.6 is 0 Å². The molecular formula is C12H22N2O. The molecule has 3 heteroatoms. The predicted molar refractivity (Wildman–Crippen MR) is 62.7 cm³/mol. The number of hydrogen-bond acceptors (Lipinski definition) is 2. The van der Waals surface area contributed by atoms with Crippen LogP contribution in [0.1, 0.15) is 33.1 Å². The molecule has 1 amide bonds. The average Bonchev–Trinajstić information content (AvgIpc) is 2.29. The number of nitrogens with zero attached hydrogens (tertiary/aromatic N) is 1. The minimum Gasteiger partial charge on any atom is -0.342 e. The van der Waals surface area contributed by atoms with E-state index >= 15 is 0 Å². The van der Waals surface area contributed by atoms with Crippen molar-refractivity contribution >= 4 is 5.91 Å². The van der Waals surface area contributed by atoms with Gasteiger partial charge in [-0.2, -0.15) is 0 Å². The minimum absolute atomic E-state index is 0.207. The highest BCUT2D eigenvalue weighted by atomic mass is 16.2. The molecule has 1 atom stereocenters. The van der Waals surface area contributed by atoms with Crippen molar-refractivity contribution in [1.29, 1.82) is 0 Å². The third-order valence-corrected chi connectivity index (χ3v) is 2.89. The number of rotatable bonds is 5. The molecule has 0 fully saturated rings. The zero-order chi connectivity index (χ0) is 11.1. The molecule has 0 saturated carbocycles. The first-order valence-electron chi connectivity index (χ1n) is 5.95. The lowest BCUT2D eigenvalue weighted by Gasteiger charge is -2.22. The highest BCUT2D eigenvalue weighted by Gasteiger charge is 2.12. The van der Waals surface area contributed by atoms with Crippen LogP contribution in [-0.4, -0.2) is 36.5 Å². The van der Waals surface area contributed by atoms with E-state index in [4.69, 9.17) is 0 Å². The second-order valence-corrected chi connectivity index (χ2v) is 3.91. The fraction of sp³-hybridized carbons (Fsp3) is 0.750. The number of hydrogen-bond donors (Lipinski definition) is 1.